The zero-order valence-electron chi connectivity index (χ0n) is 9.01. The number of nitrogens with zero attached hydrogens (tertiary/aromatic N) is 2. The highest BCUT2D eigenvalue weighted by Gasteiger charge is 2.30. The molecule has 0 saturated carbocycles. The van der Waals surface area contributed by atoms with E-state index in [9.17, 15) is 8.78 Å². The predicted molar refractivity (Wildman–Crippen MR) is 62.1 cm³/mol. The van der Waals surface area contributed by atoms with E-state index >= 15 is 0 Å². The number of aromatic nitrogens is 2. The van der Waals surface area contributed by atoms with Crippen molar-refractivity contribution >= 4 is 21.7 Å². The van der Waals surface area contributed by atoms with Crippen molar-refractivity contribution in [3.8, 4) is 0 Å². The lowest BCUT2D eigenvalue weighted by Crippen LogP contribution is -2.28. The lowest BCUT2D eigenvalue weighted by atomic mass is 10.2. The number of alkyl halides is 2. The molecule has 1 N–H and O–H groups in total. The molecule has 6 heteroatoms. The van der Waals surface area contributed by atoms with Gasteiger partial charge in [-0.25, -0.2) is 13.5 Å². The Bertz CT molecular complexity index is 378. The molecule has 0 amide bonds. The van der Waals surface area contributed by atoms with Crippen molar-refractivity contribution < 1.29 is 8.78 Å². The van der Waals surface area contributed by atoms with E-state index in [1.165, 1.54) is 4.68 Å². The molecule has 1 aliphatic rings. The zero-order valence-corrected chi connectivity index (χ0v) is 10.6. The minimum absolute atomic E-state index is 0.421. The first kappa shape index (κ1) is 11.8. The van der Waals surface area contributed by atoms with Crippen molar-refractivity contribution in [2.75, 3.05) is 11.9 Å². The van der Waals surface area contributed by atoms with E-state index in [2.05, 4.69) is 26.3 Å². The van der Waals surface area contributed by atoms with Crippen LogP contribution in [-0.4, -0.2) is 22.8 Å². The topological polar surface area (TPSA) is 29.9 Å². The van der Waals surface area contributed by atoms with E-state index < -0.39 is 12.5 Å². The monoisotopic (exact) mass is 293 g/mol. The SMILES string of the molecule is CCCc1nn2c(c1Br)NCCC2C(F)F. The fourth-order valence-electron chi connectivity index (χ4n) is 1.95. The Morgan fingerprint density at radius 1 is 1.62 bits per heavy atom. The van der Waals surface area contributed by atoms with Gasteiger partial charge in [0, 0.05) is 6.54 Å². The second kappa shape index (κ2) is 4.69. The van der Waals surface area contributed by atoms with Crippen LogP contribution in [0, 0.1) is 0 Å². The molecule has 0 bridgehead atoms. The molecule has 2 rings (SSSR count). The number of anilines is 1. The number of rotatable bonds is 3. The lowest BCUT2D eigenvalue weighted by molar-refractivity contribution is 0.0713. The molecule has 0 aliphatic carbocycles. The van der Waals surface area contributed by atoms with E-state index in [1.54, 1.807) is 0 Å². The summed E-state index contributed by atoms with van der Waals surface area (Å²) in [6.07, 6.45) is -0.182. The van der Waals surface area contributed by atoms with E-state index in [4.69, 9.17) is 0 Å². The molecule has 0 aromatic carbocycles. The minimum Gasteiger partial charge on any atom is -0.369 e. The Morgan fingerprint density at radius 2 is 2.38 bits per heavy atom. The summed E-state index contributed by atoms with van der Waals surface area (Å²) < 4.78 is 27.9. The van der Waals surface area contributed by atoms with Crippen LogP contribution in [0.5, 0.6) is 0 Å². The molecular weight excluding hydrogens is 280 g/mol. The molecule has 0 spiro atoms. The van der Waals surface area contributed by atoms with Crippen molar-refractivity contribution in [1.82, 2.24) is 9.78 Å². The van der Waals surface area contributed by atoms with E-state index in [0.29, 0.717) is 18.8 Å². The van der Waals surface area contributed by atoms with E-state index in [-0.39, 0.29) is 0 Å². The maximum atomic E-state index is 12.8. The molecule has 2 heterocycles. The second-order valence-electron chi connectivity index (χ2n) is 3.92. The van der Waals surface area contributed by atoms with Gasteiger partial charge in [-0.2, -0.15) is 5.10 Å². The van der Waals surface area contributed by atoms with Crippen LogP contribution in [-0.2, 0) is 6.42 Å². The number of hydrogen-bond donors (Lipinski definition) is 1. The van der Waals surface area contributed by atoms with Gasteiger partial charge in [-0.1, -0.05) is 13.3 Å². The normalized spacial score (nSPS) is 19.7. The van der Waals surface area contributed by atoms with Gasteiger partial charge < -0.3 is 5.32 Å². The first-order chi connectivity index (χ1) is 7.65. The molecule has 0 fully saturated rings. The van der Waals surface area contributed by atoms with E-state index in [1.807, 2.05) is 6.92 Å². The molecule has 1 atom stereocenters. The molecule has 1 aromatic rings. The summed E-state index contributed by atoms with van der Waals surface area (Å²) in [7, 11) is 0. The minimum atomic E-state index is -2.36. The predicted octanol–water partition coefficient (Wildman–Crippen LogP) is 3.22. The fraction of sp³-hybridized carbons (Fsp3) is 0.700. The third-order valence-corrected chi connectivity index (χ3v) is 3.58. The Morgan fingerprint density at radius 3 is 3.00 bits per heavy atom. The molecule has 0 radical (unpaired) electrons. The third-order valence-electron chi connectivity index (χ3n) is 2.74. The van der Waals surface area contributed by atoms with Crippen LogP contribution in [0.4, 0.5) is 14.6 Å². The summed E-state index contributed by atoms with van der Waals surface area (Å²) in [5.74, 6) is 0.694. The Hall–Kier alpha value is -0.650. The molecule has 1 unspecified atom stereocenters. The largest absolute Gasteiger partial charge is 0.369 e. The van der Waals surface area contributed by atoms with Crippen LogP contribution >= 0.6 is 15.9 Å². The first-order valence-electron chi connectivity index (χ1n) is 5.44. The van der Waals surface area contributed by atoms with Crippen LogP contribution in [0.15, 0.2) is 4.47 Å². The van der Waals surface area contributed by atoms with Crippen LogP contribution in [0.3, 0.4) is 0 Å². The van der Waals surface area contributed by atoms with Gasteiger partial charge in [-0.15, -0.1) is 0 Å². The van der Waals surface area contributed by atoms with Gasteiger partial charge in [-0.05, 0) is 28.8 Å². The molecule has 90 valence electrons. The van der Waals surface area contributed by atoms with Crippen molar-refractivity contribution in [2.45, 2.75) is 38.7 Å². The average Bonchev–Trinajstić information content (AvgIpc) is 2.57. The number of nitrogens with one attached hydrogen (secondary N) is 1. The molecule has 1 aromatic heterocycles. The maximum absolute atomic E-state index is 12.8. The maximum Gasteiger partial charge on any atom is 0.260 e. The van der Waals surface area contributed by atoms with E-state index in [0.717, 1.165) is 23.0 Å². The highest BCUT2D eigenvalue weighted by atomic mass is 79.9. The van der Waals surface area contributed by atoms with Gasteiger partial charge in [0.05, 0.1) is 10.2 Å². The summed E-state index contributed by atoms with van der Waals surface area (Å²) in [5, 5.41) is 7.38. The molecule has 16 heavy (non-hydrogen) atoms. The van der Waals surface area contributed by atoms with Crippen LogP contribution < -0.4 is 5.32 Å². The smallest absolute Gasteiger partial charge is 0.260 e. The van der Waals surface area contributed by atoms with Crippen molar-refractivity contribution in [3.05, 3.63) is 10.2 Å². The lowest BCUT2D eigenvalue weighted by Gasteiger charge is -2.24. The number of halogens is 3. The Labute approximate surface area is 101 Å². The Kier molecular flexibility index (Phi) is 3.47. The summed E-state index contributed by atoms with van der Waals surface area (Å²) in [6, 6.07) is -0.793. The highest BCUT2D eigenvalue weighted by molar-refractivity contribution is 9.10. The van der Waals surface area contributed by atoms with Gasteiger partial charge in [0.1, 0.15) is 11.9 Å². The van der Waals surface area contributed by atoms with Gasteiger partial charge in [0.15, 0.2) is 0 Å². The number of fused-ring (bicyclic) bond motifs is 1. The first-order valence-corrected chi connectivity index (χ1v) is 6.23. The number of hydrogen-bond acceptors (Lipinski definition) is 2. The molecular formula is C10H14BrF2N3. The van der Waals surface area contributed by atoms with Gasteiger partial charge in [0.25, 0.3) is 6.43 Å². The van der Waals surface area contributed by atoms with Crippen molar-refractivity contribution in [1.29, 1.82) is 0 Å². The van der Waals surface area contributed by atoms with Gasteiger partial charge in [-0.3, -0.25) is 0 Å². The van der Waals surface area contributed by atoms with Crippen molar-refractivity contribution in [3.63, 3.8) is 0 Å². The summed E-state index contributed by atoms with van der Waals surface area (Å²) in [5.41, 5.74) is 0.859. The number of aryl methyl sites for hydroxylation is 1. The highest BCUT2D eigenvalue weighted by Crippen LogP contribution is 2.35. The average molecular weight is 294 g/mol. The van der Waals surface area contributed by atoms with Crippen LogP contribution in [0.2, 0.25) is 0 Å². The fourth-order valence-corrected chi connectivity index (χ4v) is 2.55. The quantitative estimate of drug-likeness (QED) is 0.927. The van der Waals surface area contributed by atoms with Crippen molar-refractivity contribution in [2.24, 2.45) is 0 Å². The van der Waals surface area contributed by atoms with Gasteiger partial charge >= 0.3 is 0 Å². The summed E-state index contributed by atoms with van der Waals surface area (Å²) in [6.45, 7) is 2.62. The van der Waals surface area contributed by atoms with Crippen LogP contribution in [0.1, 0.15) is 31.5 Å². The molecule has 0 saturated heterocycles. The standard InChI is InChI=1S/C10H14BrF2N3/c1-2-3-6-8(11)10-14-5-4-7(9(12)13)16(10)15-6/h7,9,14H,2-5H2,1H3. The zero-order chi connectivity index (χ0) is 11.7. The summed E-state index contributed by atoms with van der Waals surface area (Å²) >= 11 is 3.42. The third kappa shape index (κ3) is 1.95. The van der Waals surface area contributed by atoms with Gasteiger partial charge in [0.2, 0.25) is 0 Å². The Balaban J connectivity index is 2.37. The molecule has 1 aliphatic heterocycles. The summed E-state index contributed by atoms with van der Waals surface area (Å²) in [4.78, 5) is 0. The second-order valence-corrected chi connectivity index (χ2v) is 4.71. The van der Waals surface area contributed by atoms with Crippen LogP contribution in [0.25, 0.3) is 0 Å². The molecule has 3 nitrogen and oxygen atoms in total.